The van der Waals surface area contributed by atoms with Gasteiger partial charge >= 0.3 is 6.09 Å². The molecule has 35 heavy (non-hydrogen) atoms. The summed E-state index contributed by atoms with van der Waals surface area (Å²) in [6.07, 6.45) is 2.27. The molecule has 2 N–H and O–H groups in total. The second-order valence-corrected chi connectivity index (χ2v) is 10.8. The van der Waals surface area contributed by atoms with Gasteiger partial charge in [-0.3, -0.25) is 9.78 Å². The minimum absolute atomic E-state index is 0.0959. The van der Waals surface area contributed by atoms with Crippen LogP contribution in [0.15, 0.2) is 29.9 Å². The second-order valence-electron chi connectivity index (χ2n) is 9.93. The predicted molar refractivity (Wildman–Crippen MR) is 132 cm³/mol. The number of amides is 2. The van der Waals surface area contributed by atoms with Crippen LogP contribution in [0.25, 0.3) is 10.2 Å². The lowest BCUT2D eigenvalue weighted by atomic mass is 9.99. The van der Waals surface area contributed by atoms with Gasteiger partial charge in [0.25, 0.3) is 5.91 Å². The molecule has 2 amide bonds. The van der Waals surface area contributed by atoms with Gasteiger partial charge in [-0.25, -0.2) is 19.2 Å². The summed E-state index contributed by atoms with van der Waals surface area (Å²) in [5.41, 5.74) is 1.54. The summed E-state index contributed by atoms with van der Waals surface area (Å²) in [4.78, 5) is 39.7. The number of pyridine rings is 1. The number of carbonyl (C=O) groups is 2. The number of nitrogens with one attached hydrogen (secondary N) is 2. The van der Waals surface area contributed by atoms with Gasteiger partial charge in [0.05, 0.1) is 29.1 Å². The molecule has 1 aliphatic heterocycles. The minimum atomic E-state index is -0.445. The summed E-state index contributed by atoms with van der Waals surface area (Å²) in [6.45, 7) is 9.64. The van der Waals surface area contributed by atoms with Crippen molar-refractivity contribution in [3.63, 3.8) is 0 Å². The summed E-state index contributed by atoms with van der Waals surface area (Å²) in [5.74, 6) is -0.170. The maximum absolute atomic E-state index is 13.6. The highest BCUT2D eigenvalue weighted by atomic mass is 32.1. The highest BCUT2D eigenvalue weighted by Crippen LogP contribution is 2.28. The number of rotatable bonds is 7. The molecule has 0 saturated carbocycles. The molecule has 0 spiro atoms. The first-order valence-corrected chi connectivity index (χ1v) is 12.3. The molecule has 4 heterocycles. The third-order valence-corrected chi connectivity index (χ3v) is 6.40. The number of hydrogen-bond acceptors (Lipinski definition) is 8. The number of likely N-dealkylation sites (tertiary alicyclic amines) is 1. The number of aromatic nitrogens is 3. The van der Waals surface area contributed by atoms with Gasteiger partial charge in [-0.05, 0) is 35.4 Å². The molecule has 0 radical (unpaired) electrons. The van der Waals surface area contributed by atoms with Crippen LogP contribution in [-0.2, 0) is 4.74 Å². The van der Waals surface area contributed by atoms with E-state index in [4.69, 9.17) is 4.74 Å². The molecule has 0 unspecified atom stereocenters. The maximum atomic E-state index is 13.6. The van der Waals surface area contributed by atoms with Crippen molar-refractivity contribution in [2.24, 2.45) is 11.3 Å². The number of nitrogens with zero attached hydrogens (tertiary/aromatic N) is 4. The Labute approximate surface area is 207 Å². The van der Waals surface area contributed by atoms with Crippen LogP contribution >= 0.6 is 11.3 Å². The summed E-state index contributed by atoms with van der Waals surface area (Å²) in [5, 5.41) is 7.78. The number of halogens is 1. The molecule has 4 rings (SSSR count). The Balaban J connectivity index is 1.38. The normalized spacial score (nSPS) is 14.9. The average Bonchev–Trinajstić information content (AvgIpc) is 3.24. The van der Waals surface area contributed by atoms with Gasteiger partial charge in [0.15, 0.2) is 5.69 Å². The average molecular weight is 501 g/mol. The Morgan fingerprint density at radius 2 is 2.06 bits per heavy atom. The van der Waals surface area contributed by atoms with Crippen molar-refractivity contribution >= 4 is 39.5 Å². The third-order valence-electron chi connectivity index (χ3n) is 5.49. The molecule has 186 valence electrons. The number of thiophene rings is 1. The number of ether oxygens (including phenoxy) is 1. The van der Waals surface area contributed by atoms with E-state index in [0.29, 0.717) is 47.7 Å². The van der Waals surface area contributed by atoms with E-state index >= 15 is 0 Å². The molecule has 0 aromatic carbocycles. The van der Waals surface area contributed by atoms with Crippen molar-refractivity contribution in [2.75, 3.05) is 31.6 Å². The first kappa shape index (κ1) is 24.8. The SMILES string of the molecule is C[C@H](Nc1nc(C(=O)N2CC(CNC(=O)OCC(C)(C)C)C2)c2sccc2n1)c1cncc(F)c1. The van der Waals surface area contributed by atoms with E-state index in [1.807, 2.05) is 39.1 Å². The first-order valence-electron chi connectivity index (χ1n) is 11.4. The molecule has 3 aromatic rings. The van der Waals surface area contributed by atoms with Gasteiger partial charge in [-0.1, -0.05) is 20.8 Å². The zero-order chi connectivity index (χ0) is 25.2. The number of fused-ring (bicyclic) bond motifs is 1. The highest BCUT2D eigenvalue weighted by molar-refractivity contribution is 7.17. The van der Waals surface area contributed by atoms with Crippen molar-refractivity contribution in [1.82, 2.24) is 25.2 Å². The molecular weight excluding hydrogens is 471 g/mol. The quantitative estimate of drug-likeness (QED) is 0.499. The van der Waals surface area contributed by atoms with E-state index in [9.17, 15) is 14.0 Å². The predicted octanol–water partition coefficient (Wildman–Crippen LogP) is 4.24. The van der Waals surface area contributed by atoms with Gasteiger partial charge in [-0.15, -0.1) is 11.3 Å². The van der Waals surface area contributed by atoms with E-state index in [2.05, 4.69) is 25.6 Å². The minimum Gasteiger partial charge on any atom is -0.449 e. The van der Waals surface area contributed by atoms with Crippen molar-refractivity contribution in [1.29, 1.82) is 0 Å². The summed E-state index contributed by atoms with van der Waals surface area (Å²) >= 11 is 1.41. The molecular formula is C24H29FN6O3S. The monoisotopic (exact) mass is 500 g/mol. The third kappa shape index (κ3) is 6.21. The van der Waals surface area contributed by atoms with Gasteiger partial charge in [0.1, 0.15) is 5.82 Å². The van der Waals surface area contributed by atoms with Crippen molar-refractivity contribution in [3.8, 4) is 0 Å². The zero-order valence-corrected chi connectivity index (χ0v) is 21.0. The Hall–Kier alpha value is -3.34. The Bertz CT molecular complexity index is 1220. The first-order chi connectivity index (χ1) is 16.6. The molecule has 0 bridgehead atoms. The number of anilines is 1. The lowest BCUT2D eigenvalue weighted by molar-refractivity contribution is 0.0488. The maximum Gasteiger partial charge on any atom is 0.407 e. The molecule has 0 aliphatic carbocycles. The second kappa shape index (κ2) is 10.1. The molecule has 1 saturated heterocycles. The molecule has 1 fully saturated rings. The molecule has 11 heteroatoms. The van der Waals surface area contributed by atoms with Gasteiger partial charge in [-0.2, -0.15) is 0 Å². The number of alkyl carbamates (subject to hydrolysis) is 1. The van der Waals surface area contributed by atoms with E-state index in [1.165, 1.54) is 17.4 Å². The van der Waals surface area contributed by atoms with E-state index in [1.54, 1.807) is 11.1 Å². The van der Waals surface area contributed by atoms with Gasteiger partial charge in [0, 0.05) is 31.7 Å². The standard InChI is InChI=1S/C24H29FN6O3S/c1-14(16-7-17(25)10-26-9-16)28-22-29-18-5-6-35-20(18)19(30-22)21(32)31-11-15(12-31)8-27-23(33)34-13-24(2,3)4/h5-7,9-10,14-15H,8,11-13H2,1-4H3,(H,27,33)(H,28,29,30)/t14-/m0/s1. The van der Waals surface area contributed by atoms with Gasteiger partial charge < -0.3 is 20.3 Å². The van der Waals surface area contributed by atoms with Crippen LogP contribution in [0.1, 0.15) is 49.8 Å². The number of carbonyl (C=O) groups excluding carboxylic acids is 2. The van der Waals surface area contributed by atoms with Crippen LogP contribution in [0, 0.1) is 17.2 Å². The Morgan fingerprint density at radius 3 is 2.77 bits per heavy atom. The largest absolute Gasteiger partial charge is 0.449 e. The zero-order valence-electron chi connectivity index (χ0n) is 20.2. The fourth-order valence-electron chi connectivity index (χ4n) is 3.59. The molecule has 9 nitrogen and oxygen atoms in total. The van der Waals surface area contributed by atoms with Gasteiger partial charge in [0.2, 0.25) is 5.95 Å². The van der Waals surface area contributed by atoms with Crippen LogP contribution in [-0.4, -0.2) is 58.1 Å². The highest BCUT2D eigenvalue weighted by Gasteiger charge is 2.33. The van der Waals surface area contributed by atoms with E-state index in [0.717, 1.165) is 6.20 Å². The topological polar surface area (TPSA) is 109 Å². The molecule has 3 aromatic heterocycles. The van der Waals surface area contributed by atoms with E-state index in [-0.39, 0.29) is 29.2 Å². The van der Waals surface area contributed by atoms with Crippen molar-refractivity contribution < 1.29 is 18.7 Å². The fourth-order valence-corrected chi connectivity index (χ4v) is 4.40. The fraction of sp³-hybridized carbons (Fsp3) is 0.458. The van der Waals surface area contributed by atoms with E-state index < -0.39 is 11.9 Å². The molecule has 1 atom stereocenters. The smallest absolute Gasteiger partial charge is 0.407 e. The lowest BCUT2D eigenvalue weighted by Crippen LogP contribution is -2.54. The van der Waals surface area contributed by atoms with Crippen molar-refractivity contribution in [2.45, 2.75) is 33.7 Å². The van der Waals surface area contributed by atoms with Crippen LogP contribution in [0.3, 0.4) is 0 Å². The van der Waals surface area contributed by atoms with Crippen LogP contribution < -0.4 is 10.6 Å². The summed E-state index contributed by atoms with van der Waals surface area (Å²) in [6, 6.07) is 2.92. The van der Waals surface area contributed by atoms with Crippen LogP contribution in [0.5, 0.6) is 0 Å². The lowest BCUT2D eigenvalue weighted by Gasteiger charge is -2.39. The Kier molecular flexibility index (Phi) is 7.15. The summed E-state index contributed by atoms with van der Waals surface area (Å²) < 4.78 is 19.5. The van der Waals surface area contributed by atoms with Crippen molar-refractivity contribution in [3.05, 3.63) is 47.0 Å². The van der Waals surface area contributed by atoms with Crippen LogP contribution in [0.2, 0.25) is 0 Å². The number of hydrogen-bond donors (Lipinski definition) is 2. The Morgan fingerprint density at radius 1 is 1.29 bits per heavy atom. The summed E-state index contributed by atoms with van der Waals surface area (Å²) in [7, 11) is 0. The van der Waals surface area contributed by atoms with Crippen LogP contribution in [0.4, 0.5) is 15.1 Å². The molecule has 1 aliphatic rings.